The van der Waals surface area contributed by atoms with E-state index in [1.54, 1.807) is 0 Å². The van der Waals surface area contributed by atoms with E-state index in [9.17, 15) is 18.0 Å². The summed E-state index contributed by atoms with van der Waals surface area (Å²) in [6.45, 7) is 0. The van der Waals surface area contributed by atoms with Gasteiger partial charge in [0, 0.05) is 20.3 Å². The molecule has 3 aromatic rings. The molecule has 146 valence electrons. The Morgan fingerprint density at radius 3 is 2.11 bits per heavy atom. The highest BCUT2D eigenvalue weighted by molar-refractivity contribution is 7.89. The van der Waals surface area contributed by atoms with E-state index in [-0.39, 0.29) is 0 Å². The average molecular weight is 399 g/mol. The van der Waals surface area contributed by atoms with Crippen LogP contribution in [0, 0.1) is 0 Å². The van der Waals surface area contributed by atoms with Crippen LogP contribution in [-0.4, -0.2) is 17.6 Å². The van der Waals surface area contributed by atoms with Crippen LogP contribution in [0.4, 0.5) is 0 Å². The lowest BCUT2D eigenvalue weighted by Crippen LogP contribution is -2.42. The second-order valence-corrected chi connectivity index (χ2v) is 8.21. The molecule has 3 rings (SSSR count). The Kier molecular flexibility index (Phi) is 5.62. The van der Waals surface area contributed by atoms with E-state index < -0.39 is 32.2 Å². The quantitative estimate of drug-likeness (QED) is 0.677. The fourth-order valence-corrected chi connectivity index (χ4v) is 4.36. The van der Waals surface area contributed by atoms with Gasteiger partial charge in [-0.1, -0.05) is 60.7 Å². The van der Waals surface area contributed by atoms with Crippen LogP contribution < -0.4 is 16.0 Å². The smallest absolute Gasteiger partial charge is 0.302 e. The third kappa shape index (κ3) is 4.13. The molecule has 0 aliphatic carbocycles. The first-order valence-corrected chi connectivity index (χ1v) is 10.2. The van der Waals surface area contributed by atoms with Gasteiger partial charge < -0.3 is 4.57 Å². The molecule has 0 fully saturated rings. The molecule has 1 atom stereocenters. The Morgan fingerprint density at radius 2 is 1.50 bits per heavy atom. The Labute approximate surface area is 162 Å². The van der Waals surface area contributed by atoms with E-state index in [2.05, 4.69) is 4.72 Å². The molecule has 1 heterocycles. The highest BCUT2D eigenvalue weighted by atomic mass is 32.2. The second-order valence-electron chi connectivity index (χ2n) is 6.53. The minimum absolute atomic E-state index is 0.413. The fraction of sp³-hybridized carbons (Fsp3) is 0.200. The van der Waals surface area contributed by atoms with Gasteiger partial charge in [0.15, 0.2) is 4.90 Å². The van der Waals surface area contributed by atoms with E-state index in [1.807, 2.05) is 60.7 Å². The van der Waals surface area contributed by atoms with Crippen LogP contribution >= 0.6 is 0 Å². The van der Waals surface area contributed by atoms with Crippen molar-refractivity contribution in [2.75, 3.05) is 0 Å². The zero-order valence-electron chi connectivity index (χ0n) is 15.6. The SMILES string of the molecule is Cn1cc(S(=O)(=O)NC(Cc2ccccc2)c2ccccc2)c(=O)n(C)c1=O. The minimum atomic E-state index is -4.16. The summed E-state index contributed by atoms with van der Waals surface area (Å²) in [5.41, 5.74) is 0.277. The van der Waals surface area contributed by atoms with Gasteiger partial charge in [0.25, 0.3) is 5.56 Å². The number of hydrogen-bond acceptors (Lipinski definition) is 4. The standard InChI is InChI=1S/C20H21N3O4S/c1-22-14-18(19(24)23(2)20(22)25)28(26,27)21-17(16-11-7-4-8-12-16)13-15-9-5-3-6-10-15/h3-12,14,17,21H,13H2,1-2H3. The van der Waals surface area contributed by atoms with E-state index in [0.717, 1.165) is 26.5 Å². The molecule has 2 aromatic carbocycles. The highest BCUT2D eigenvalue weighted by Crippen LogP contribution is 2.20. The van der Waals surface area contributed by atoms with Crippen molar-refractivity contribution in [3.05, 3.63) is 98.8 Å². The second kappa shape index (κ2) is 7.95. The van der Waals surface area contributed by atoms with Crippen molar-refractivity contribution in [3.8, 4) is 0 Å². The van der Waals surface area contributed by atoms with Gasteiger partial charge in [0.05, 0.1) is 6.04 Å². The first-order chi connectivity index (χ1) is 13.3. The number of aromatic nitrogens is 2. The van der Waals surface area contributed by atoms with Crippen molar-refractivity contribution in [1.29, 1.82) is 0 Å². The number of nitrogens with zero attached hydrogens (tertiary/aromatic N) is 2. The topological polar surface area (TPSA) is 90.2 Å². The van der Waals surface area contributed by atoms with Gasteiger partial charge in [-0.2, -0.15) is 0 Å². The van der Waals surface area contributed by atoms with Crippen LogP contribution in [0.5, 0.6) is 0 Å². The molecule has 7 nitrogen and oxygen atoms in total. The third-order valence-electron chi connectivity index (χ3n) is 4.49. The molecule has 1 aromatic heterocycles. The van der Waals surface area contributed by atoms with Gasteiger partial charge in [-0.25, -0.2) is 17.9 Å². The van der Waals surface area contributed by atoms with Crippen molar-refractivity contribution >= 4 is 10.0 Å². The summed E-state index contributed by atoms with van der Waals surface area (Å²) in [5, 5.41) is 0. The molecule has 1 N–H and O–H groups in total. The Morgan fingerprint density at radius 1 is 0.929 bits per heavy atom. The molecule has 0 aliphatic rings. The van der Waals surface area contributed by atoms with Crippen LogP contribution in [0.1, 0.15) is 17.2 Å². The number of nitrogens with one attached hydrogen (secondary N) is 1. The van der Waals surface area contributed by atoms with Gasteiger partial charge in [-0.3, -0.25) is 9.36 Å². The zero-order chi connectivity index (χ0) is 20.3. The molecular weight excluding hydrogens is 378 g/mol. The van der Waals surface area contributed by atoms with Crippen molar-refractivity contribution in [1.82, 2.24) is 13.9 Å². The molecule has 0 aliphatic heterocycles. The minimum Gasteiger partial charge on any atom is -0.302 e. The maximum Gasteiger partial charge on any atom is 0.330 e. The van der Waals surface area contributed by atoms with Gasteiger partial charge in [-0.15, -0.1) is 0 Å². The molecule has 28 heavy (non-hydrogen) atoms. The maximum absolute atomic E-state index is 13.0. The molecule has 1 unspecified atom stereocenters. The molecule has 0 amide bonds. The monoisotopic (exact) mass is 399 g/mol. The summed E-state index contributed by atoms with van der Waals surface area (Å²) in [5.74, 6) is 0. The summed E-state index contributed by atoms with van der Waals surface area (Å²) in [4.78, 5) is 23.8. The molecule has 0 spiro atoms. The average Bonchev–Trinajstić information content (AvgIpc) is 2.70. The van der Waals surface area contributed by atoms with Gasteiger partial charge in [0.1, 0.15) is 0 Å². The van der Waals surface area contributed by atoms with Crippen molar-refractivity contribution < 1.29 is 8.42 Å². The molecule has 0 bridgehead atoms. The lowest BCUT2D eigenvalue weighted by atomic mass is 10.00. The first-order valence-electron chi connectivity index (χ1n) is 8.67. The van der Waals surface area contributed by atoms with E-state index in [0.29, 0.717) is 6.42 Å². The summed E-state index contributed by atoms with van der Waals surface area (Å²) >= 11 is 0. The van der Waals surface area contributed by atoms with Gasteiger partial charge >= 0.3 is 5.69 Å². The number of aryl methyl sites for hydroxylation is 1. The predicted molar refractivity (Wildman–Crippen MR) is 107 cm³/mol. The molecule has 0 saturated carbocycles. The van der Waals surface area contributed by atoms with Crippen LogP contribution in [0.2, 0.25) is 0 Å². The van der Waals surface area contributed by atoms with Gasteiger partial charge in [-0.05, 0) is 17.5 Å². The fourth-order valence-electron chi connectivity index (χ4n) is 2.97. The van der Waals surface area contributed by atoms with Crippen LogP contribution in [-0.2, 0) is 30.5 Å². The Hall–Kier alpha value is -2.97. The van der Waals surface area contributed by atoms with Gasteiger partial charge in [0.2, 0.25) is 10.0 Å². The molecule has 0 saturated heterocycles. The zero-order valence-corrected chi connectivity index (χ0v) is 16.4. The van der Waals surface area contributed by atoms with Crippen molar-refractivity contribution in [2.24, 2.45) is 14.1 Å². The number of sulfonamides is 1. The van der Waals surface area contributed by atoms with Crippen LogP contribution in [0.15, 0.2) is 81.3 Å². The summed E-state index contributed by atoms with van der Waals surface area (Å²) in [6, 6.07) is 18.1. The normalized spacial score (nSPS) is 12.6. The molecular formula is C20H21N3O4S. The largest absolute Gasteiger partial charge is 0.330 e. The summed E-state index contributed by atoms with van der Waals surface area (Å²) < 4.78 is 30.5. The van der Waals surface area contributed by atoms with Crippen molar-refractivity contribution in [2.45, 2.75) is 17.4 Å². The molecule has 0 radical (unpaired) electrons. The van der Waals surface area contributed by atoms with Crippen LogP contribution in [0.25, 0.3) is 0 Å². The van der Waals surface area contributed by atoms with E-state index in [1.165, 1.54) is 14.1 Å². The number of benzene rings is 2. The first kappa shape index (κ1) is 19.8. The van der Waals surface area contributed by atoms with E-state index in [4.69, 9.17) is 0 Å². The van der Waals surface area contributed by atoms with Crippen molar-refractivity contribution in [3.63, 3.8) is 0 Å². The number of rotatable bonds is 6. The van der Waals surface area contributed by atoms with E-state index >= 15 is 0 Å². The lowest BCUT2D eigenvalue weighted by molar-refractivity contribution is 0.547. The maximum atomic E-state index is 13.0. The lowest BCUT2D eigenvalue weighted by Gasteiger charge is -2.20. The Bertz CT molecular complexity index is 1180. The summed E-state index contributed by atoms with van der Waals surface area (Å²) in [7, 11) is -1.51. The third-order valence-corrected chi connectivity index (χ3v) is 5.94. The molecule has 8 heteroatoms. The number of hydrogen-bond donors (Lipinski definition) is 1. The van der Waals surface area contributed by atoms with Crippen LogP contribution in [0.3, 0.4) is 0 Å². The summed E-state index contributed by atoms with van der Waals surface area (Å²) in [6.07, 6.45) is 1.47. The Balaban J connectivity index is 2.03. The predicted octanol–water partition coefficient (Wildman–Crippen LogP) is 1.35. The highest BCUT2D eigenvalue weighted by Gasteiger charge is 2.26.